The van der Waals surface area contributed by atoms with Gasteiger partial charge in [-0.1, -0.05) is 13.8 Å². The predicted octanol–water partition coefficient (Wildman–Crippen LogP) is 2.16. The van der Waals surface area contributed by atoms with E-state index in [0.717, 1.165) is 25.9 Å². The fraction of sp³-hybridized carbons (Fsp3) is 0.857. The van der Waals surface area contributed by atoms with Crippen molar-refractivity contribution in [1.29, 1.82) is 0 Å². The fourth-order valence-corrected chi connectivity index (χ4v) is 2.08. The minimum absolute atomic E-state index is 0.00152. The van der Waals surface area contributed by atoms with Crippen LogP contribution in [0.3, 0.4) is 0 Å². The van der Waals surface area contributed by atoms with E-state index in [4.69, 9.17) is 4.74 Å². The largest absolute Gasteiger partial charge is 0.444 e. The quantitative estimate of drug-likeness (QED) is 0.855. The van der Waals surface area contributed by atoms with Gasteiger partial charge in [-0.2, -0.15) is 0 Å². The van der Waals surface area contributed by atoms with Crippen LogP contribution in [0.2, 0.25) is 0 Å². The lowest BCUT2D eigenvalue weighted by molar-refractivity contribution is -0.133. The standard InChI is InChI=1S/C14H26N2O3/c1-10(2)11(12(17)16-8-6-7-9-16)15-13(18)19-14(3,4)5/h10-11H,6-9H2,1-5H3,(H,15,18). The molecule has 2 amide bonds. The van der Waals surface area contributed by atoms with Gasteiger partial charge in [0.15, 0.2) is 0 Å². The molecular formula is C14H26N2O3. The minimum atomic E-state index is -0.553. The summed E-state index contributed by atoms with van der Waals surface area (Å²) in [6.07, 6.45) is 1.56. The van der Waals surface area contributed by atoms with Crippen LogP contribution in [0, 0.1) is 5.92 Å². The molecule has 0 aromatic carbocycles. The van der Waals surface area contributed by atoms with E-state index < -0.39 is 17.7 Å². The highest BCUT2D eigenvalue weighted by molar-refractivity contribution is 5.86. The SMILES string of the molecule is CC(C)C(NC(=O)OC(C)(C)C)C(=O)N1CCCC1. The first-order chi connectivity index (χ1) is 8.70. The van der Waals surface area contributed by atoms with E-state index in [1.165, 1.54) is 0 Å². The summed E-state index contributed by atoms with van der Waals surface area (Å²) in [5.74, 6) is 0.0407. The van der Waals surface area contributed by atoms with Gasteiger partial charge in [-0.25, -0.2) is 4.79 Å². The summed E-state index contributed by atoms with van der Waals surface area (Å²) in [7, 11) is 0. The Kier molecular flexibility index (Phi) is 5.20. The number of amides is 2. The molecule has 19 heavy (non-hydrogen) atoms. The summed E-state index contributed by atoms with van der Waals surface area (Å²) in [6.45, 7) is 10.8. The molecule has 1 unspecified atom stereocenters. The monoisotopic (exact) mass is 270 g/mol. The van der Waals surface area contributed by atoms with Crippen LogP contribution in [0.15, 0.2) is 0 Å². The molecule has 1 aliphatic heterocycles. The van der Waals surface area contributed by atoms with Gasteiger partial charge in [0, 0.05) is 13.1 Å². The van der Waals surface area contributed by atoms with E-state index in [0.29, 0.717) is 0 Å². The van der Waals surface area contributed by atoms with Crippen molar-refractivity contribution >= 4 is 12.0 Å². The Bertz CT molecular complexity index is 328. The minimum Gasteiger partial charge on any atom is -0.444 e. The third kappa shape index (κ3) is 5.09. The molecule has 0 aromatic heterocycles. The van der Waals surface area contributed by atoms with Crippen LogP contribution in [0.5, 0.6) is 0 Å². The molecular weight excluding hydrogens is 244 g/mol. The Morgan fingerprint density at radius 2 is 1.68 bits per heavy atom. The summed E-state index contributed by atoms with van der Waals surface area (Å²) in [4.78, 5) is 26.0. The highest BCUT2D eigenvalue weighted by Crippen LogP contribution is 2.14. The van der Waals surface area contributed by atoms with Crippen LogP contribution >= 0.6 is 0 Å². The molecule has 1 saturated heterocycles. The lowest BCUT2D eigenvalue weighted by Gasteiger charge is -2.28. The number of hydrogen-bond acceptors (Lipinski definition) is 3. The lowest BCUT2D eigenvalue weighted by Crippen LogP contribution is -2.51. The van der Waals surface area contributed by atoms with Crippen molar-refractivity contribution in [1.82, 2.24) is 10.2 Å². The van der Waals surface area contributed by atoms with Crippen LogP contribution in [-0.2, 0) is 9.53 Å². The zero-order valence-corrected chi connectivity index (χ0v) is 12.7. The van der Waals surface area contributed by atoms with Crippen LogP contribution in [-0.4, -0.2) is 41.6 Å². The van der Waals surface area contributed by atoms with E-state index in [1.54, 1.807) is 20.8 Å². The van der Waals surface area contributed by atoms with Gasteiger partial charge in [0.25, 0.3) is 0 Å². The number of hydrogen-bond donors (Lipinski definition) is 1. The molecule has 0 saturated carbocycles. The van der Waals surface area contributed by atoms with Crippen LogP contribution < -0.4 is 5.32 Å². The average molecular weight is 270 g/mol. The zero-order chi connectivity index (χ0) is 14.6. The molecule has 5 nitrogen and oxygen atoms in total. The molecule has 0 radical (unpaired) electrons. The number of carbonyl (C=O) groups is 2. The first-order valence-electron chi connectivity index (χ1n) is 6.99. The van der Waals surface area contributed by atoms with E-state index in [-0.39, 0.29) is 11.8 Å². The summed E-state index contributed by atoms with van der Waals surface area (Å²) in [5.41, 5.74) is -0.553. The third-order valence-electron chi connectivity index (χ3n) is 3.02. The van der Waals surface area contributed by atoms with Crippen molar-refractivity contribution in [2.75, 3.05) is 13.1 Å². The van der Waals surface area contributed by atoms with Gasteiger partial charge in [0.05, 0.1) is 0 Å². The maximum absolute atomic E-state index is 12.3. The number of alkyl carbamates (subject to hydrolysis) is 1. The van der Waals surface area contributed by atoms with Crippen molar-refractivity contribution in [2.24, 2.45) is 5.92 Å². The number of nitrogens with one attached hydrogen (secondary N) is 1. The molecule has 0 aliphatic carbocycles. The van der Waals surface area contributed by atoms with Gasteiger partial charge < -0.3 is 15.0 Å². The number of nitrogens with zero attached hydrogens (tertiary/aromatic N) is 1. The molecule has 5 heteroatoms. The van der Waals surface area contributed by atoms with Crippen molar-refractivity contribution in [3.8, 4) is 0 Å². The highest BCUT2D eigenvalue weighted by Gasteiger charge is 2.31. The smallest absolute Gasteiger partial charge is 0.408 e. The second kappa shape index (κ2) is 6.26. The van der Waals surface area contributed by atoms with Crippen LogP contribution in [0.1, 0.15) is 47.5 Å². The topological polar surface area (TPSA) is 58.6 Å². The number of ether oxygens (including phenoxy) is 1. The molecule has 1 fully saturated rings. The second-order valence-electron chi connectivity index (χ2n) is 6.40. The fourth-order valence-electron chi connectivity index (χ4n) is 2.08. The average Bonchev–Trinajstić information content (AvgIpc) is 2.75. The van der Waals surface area contributed by atoms with Crippen LogP contribution in [0.25, 0.3) is 0 Å². The third-order valence-corrected chi connectivity index (χ3v) is 3.02. The van der Waals surface area contributed by atoms with Gasteiger partial charge in [-0.3, -0.25) is 4.79 Å². The second-order valence-corrected chi connectivity index (χ2v) is 6.40. The van der Waals surface area contributed by atoms with E-state index >= 15 is 0 Å². The van der Waals surface area contributed by atoms with Gasteiger partial charge in [0.1, 0.15) is 11.6 Å². The van der Waals surface area contributed by atoms with Crippen molar-refractivity contribution < 1.29 is 14.3 Å². The Morgan fingerprint density at radius 3 is 2.11 bits per heavy atom. The first-order valence-corrected chi connectivity index (χ1v) is 6.99. The summed E-state index contributed by atoms with van der Waals surface area (Å²) in [5, 5.41) is 2.70. The summed E-state index contributed by atoms with van der Waals surface area (Å²) < 4.78 is 5.21. The van der Waals surface area contributed by atoms with Crippen molar-refractivity contribution in [2.45, 2.75) is 59.1 Å². The predicted molar refractivity (Wildman–Crippen MR) is 73.8 cm³/mol. The molecule has 0 bridgehead atoms. The van der Waals surface area contributed by atoms with Gasteiger partial charge in [-0.05, 0) is 39.5 Å². The first kappa shape index (κ1) is 15.8. The Hall–Kier alpha value is -1.26. The highest BCUT2D eigenvalue weighted by atomic mass is 16.6. The molecule has 1 atom stereocenters. The maximum Gasteiger partial charge on any atom is 0.408 e. The molecule has 0 spiro atoms. The molecule has 110 valence electrons. The number of rotatable bonds is 3. The maximum atomic E-state index is 12.3. The van der Waals surface area contributed by atoms with E-state index in [9.17, 15) is 9.59 Å². The lowest BCUT2D eigenvalue weighted by atomic mass is 10.0. The van der Waals surface area contributed by atoms with Crippen LogP contribution in [0.4, 0.5) is 4.79 Å². The summed E-state index contributed by atoms with van der Waals surface area (Å²) in [6, 6.07) is -0.507. The normalized spacial score (nSPS) is 17.5. The zero-order valence-electron chi connectivity index (χ0n) is 12.7. The molecule has 1 aliphatic rings. The molecule has 1 heterocycles. The van der Waals surface area contributed by atoms with Gasteiger partial charge >= 0.3 is 6.09 Å². The Balaban J connectivity index is 2.62. The molecule has 1 rings (SSSR count). The molecule has 1 N–H and O–H groups in total. The van der Waals surface area contributed by atoms with Crippen molar-refractivity contribution in [3.05, 3.63) is 0 Å². The summed E-state index contributed by atoms with van der Waals surface area (Å²) >= 11 is 0. The molecule has 0 aromatic rings. The van der Waals surface area contributed by atoms with E-state index in [2.05, 4.69) is 5.32 Å². The van der Waals surface area contributed by atoms with Gasteiger partial charge in [-0.15, -0.1) is 0 Å². The number of likely N-dealkylation sites (tertiary alicyclic amines) is 1. The number of carbonyl (C=O) groups excluding carboxylic acids is 2. The van der Waals surface area contributed by atoms with Crippen molar-refractivity contribution in [3.63, 3.8) is 0 Å². The Morgan fingerprint density at radius 1 is 1.16 bits per heavy atom. The van der Waals surface area contributed by atoms with E-state index in [1.807, 2.05) is 18.7 Å². The van der Waals surface area contributed by atoms with Gasteiger partial charge in [0.2, 0.25) is 5.91 Å². The Labute approximate surface area is 115 Å².